The maximum atomic E-state index is 11.8. The molecule has 31 heavy (non-hydrogen) atoms. The van der Waals surface area contributed by atoms with E-state index in [4.69, 9.17) is 33.2 Å². The van der Waals surface area contributed by atoms with Crippen LogP contribution in [0.2, 0.25) is 0 Å². The first-order chi connectivity index (χ1) is 14.7. The Morgan fingerprint density at radius 3 is 2.00 bits per heavy atom. The second kappa shape index (κ2) is 11.6. The van der Waals surface area contributed by atoms with Gasteiger partial charge in [0.15, 0.2) is 18.5 Å². The molecule has 0 aliphatic carbocycles. The lowest BCUT2D eigenvalue weighted by Crippen LogP contribution is -2.62. The number of hydrogen-bond donors (Lipinski definition) is 0. The minimum absolute atomic E-state index is 0.112. The molecule has 172 valence electrons. The van der Waals surface area contributed by atoms with E-state index in [1.54, 1.807) is 19.2 Å². The number of esters is 3. The number of carbonyl (C=O) groups excluding carboxylic acids is 3. The Kier molecular flexibility index (Phi) is 9.22. The molecule has 0 unspecified atom stereocenters. The molecular weight excluding hydrogens is 412 g/mol. The van der Waals surface area contributed by atoms with Crippen molar-refractivity contribution in [3.8, 4) is 5.75 Å². The van der Waals surface area contributed by atoms with Crippen molar-refractivity contribution in [1.29, 1.82) is 0 Å². The van der Waals surface area contributed by atoms with Crippen LogP contribution in [-0.4, -0.2) is 69.4 Å². The molecule has 1 fully saturated rings. The van der Waals surface area contributed by atoms with Gasteiger partial charge in [0, 0.05) is 27.9 Å². The molecule has 1 saturated heterocycles. The van der Waals surface area contributed by atoms with Gasteiger partial charge in [-0.15, -0.1) is 0 Å². The molecule has 0 amide bonds. The number of carbonyl (C=O) groups is 3. The van der Waals surface area contributed by atoms with Crippen LogP contribution < -0.4 is 4.74 Å². The van der Waals surface area contributed by atoms with E-state index >= 15 is 0 Å². The van der Waals surface area contributed by atoms with Crippen LogP contribution in [0.4, 0.5) is 0 Å². The predicted molar refractivity (Wildman–Crippen MR) is 105 cm³/mol. The Morgan fingerprint density at radius 2 is 1.48 bits per heavy atom. The average molecular weight is 440 g/mol. The first-order valence-corrected chi connectivity index (χ1v) is 9.65. The Bertz CT molecular complexity index is 747. The predicted octanol–water partition coefficient (Wildman–Crippen LogP) is 1.38. The van der Waals surface area contributed by atoms with E-state index in [0.29, 0.717) is 5.75 Å². The fourth-order valence-electron chi connectivity index (χ4n) is 3.16. The molecule has 0 aromatic heterocycles. The topological polar surface area (TPSA) is 116 Å². The zero-order valence-electron chi connectivity index (χ0n) is 18.2. The van der Waals surface area contributed by atoms with Gasteiger partial charge in [0.1, 0.15) is 24.6 Å². The molecule has 0 N–H and O–H groups in total. The van der Waals surface area contributed by atoms with Gasteiger partial charge < -0.3 is 33.2 Å². The van der Waals surface area contributed by atoms with Gasteiger partial charge in [0.25, 0.3) is 0 Å². The molecule has 0 radical (unpaired) electrons. The first kappa shape index (κ1) is 24.6. The van der Waals surface area contributed by atoms with Crippen LogP contribution in [0.15, 0.2) is 24.3 Å². The number of rotatable bonds is 9. The van der Waals surface area contributed by atoms with Crippen LogP contribution in [0.1, 0.15) is 26.3 Å². The fraction of sp³-hybridized carbons (Fsp3) is 0.571. The second-order valence-electron chi connectivity index (χ2n) is 6.85. The standard InChI is InChI=1S/C21H28O10/c1-12(22)27-11-17-18(29-13(2)23)19(20(30-14(3)24)21(26-5)31-17)28-10-15-6-8-16(25-4)9-7-15/h6-9,17-21H,10-11H2,1-5H3/t17-,18+,19+,20-,21-/m1/s1. The number of methoxy groups -OCH3 is 2. The molecule has 1 aliphatic rings. The smallest absolute Gasteiger partial charge is 0.303 e. The highest BCUT2D eigenvalue weighted by Crippen LogP contribution is 2.30. The number of benzene rings is 1. The minimum Gasteiger partial charge on any atom is -0.497 e. The van der Waals surface area contributed by atoms with E-state index in [2.05, 4.69) is 0 Å². The lowest BCUT2D eigenvalue weighted by molar-refractivity contribution is -0.308. The Morgan fingerprint density at radius 1 is 0.871 bits per heavy atom. The van der Waals surface area contributed by atoms with E-state index in [1.807, 2.05) is 12.1 Å². The monoisotopic (exact) mass is 440 g/mol. The molecule has 1 aromatic rings. The van der Waals surface area contributed by atoms with Crippen LogP contribution >= 0.6 is 0 Å². The van der Waals surface area contributed by atoms with Crippen LogP contribution in [-0.2, 0) is 49.4 Å². The third kappa shape index (κ3) is 7.20. The van der Waals surface area contributed by atoms with Gasteiger partial charge >= 0.3 is 17.9 Å². The maximum absolute atomic E-state index is 11.8. The van der Waals surface area contributed by atoms with Crippen molar-refractivity contribution in [3.63, 3.8) is 0 Å². The number of ether oxygens (including phenoxy) is 7. The van der Waals surface area contributed by atoms with Crippen molar-refractivity contribution in [2.24, 2.45) is 0 Å². The van der Waals surface area contributed by atoms with Crippen LogP contribution in [0.5, 0.6) is 5.75 Å². The van der Waals surface area contributed by atoms with Crippen molar-refractivity contribution in [2.45, 2.75) is 58.1 Å². The molecule has 0 bridgehead atoms. The van der Waals surface area contributed by atoms with E-state index in [1.165, 1.54) is 27.9 Å². The highest BCUT2D eigenvalue weighted by atomic mass is 16.7. The van der Waals surface area contributed by atoms with Gasteiger partial charge in [-0.2, -0.15) is 0 Å². The summed E-state index contributed by atoms with van der Waals surface area (Å²) in [5, 5.41) is 0. The summed E-state index contributed by atoms with van der Waals surface area (Å²) in [6.45, 7) is 3.62. The SMILES string of the molecule is COc1ccc(CO[C@H]2[C@@H](OC(C)=O)[C@@H](COC(C)=O)O[C@@H](OC)[C@@H]2OC(C)=O)cc1. The molecule has 1 heterocycles. The molecule has 0 saturated carbocycles. The van der Waals surface area contributed by atoms with Crippen molar-refractivity contribution >= 4 is 17.9 Å². The van der Waals surface area contributed by atoms with Crippen LogP contribution in [0.25, 0.3) is 0 Å². The summed E-state index contributed by atoms with van der Waals surface area (Å²) in [6.07, 6.45) is -4.93. The zero-order valence-corrected chi connectivity index (χ0v) is 18.2. The summed E-state index contributed by atoms with van der Waals surface area (Å²) >= 11 is 0. The molecule has 10 heteroatoms. The Hall–Kier alpha value is -2.69. The lowest BCUT2D eigenvalue weighted by atomic mass is 9.98. The van der Waals surface area contributed by atoms with E-state index < -0.39 is 48.6 Å². The quantitative estimate of drug-likeness (QED) is 0.412. The van der Waals surface area contributed by atoms with Crippen molar-refractivity contribution in [1.82, 2.24) is 0 Å². The van der Waals surface area contributed by atoms with E-state index in [0.717, 1.165) is 5.56 Å². The van der Waals surface area contributed by atoms with E-state index in [-0.39, 0.29) is 13.2 Å². The fourth-order valence-corrected chi connectivity index (χ4v) is 3.16. The van der Waals surface area contributed by atoms with Gasteiger partial charge in [-0.25, -0.2) is 0 Å². The zero-order chi connectivity index (χ0) is 23.0. The van der Waals surface area contributed by atoms with E-state index in [9.17, 15) is 14.4 Å². The minimum atomic E-state index is -1.03. The molecule has 10 nitrogen and oxygen atoms in total. The third-order valence-electron chi connectivity index (χ3n) is 4.48. The van der Waals surface area contributed by atoms with Crippen molar-refractivity contribution in [2.75, 3.05) is 20.8 Å². The van der Waals surface area contributed by atoms with Crippen molar-refractivity contribution in [3.05, 3.63) is 29.8 Å². The molecule has 2 rings (SSSR count). The second-order valence-corrected chi connectivity index (χ2v) is 6.85. The van der Waals surface area contributed by atoms with Crippen LogP contribution in [0, 0.1) is 0 Å². The van der Waals surface area contributed by atoms with Gasteiger partial charge in [-0.05, 0) is 17.7 Å². The Balaban J connectivity index is 2.31. The molecule has 1 aromatic carbocycles. The van der Waals surface area contributed by atoms with Gasteiger partial charge in [0.05, 0.1) is 13.7 Å². The molecule has 5 atom stereocenters. The summed E-state index contributed by atoms with van der Waals surface area (Å²) < 4.78 is 38.2. The summed E-state index contributed by atoms with van der Waals surface area (Å²) in [7, 11) is 2.94. The first-order valence-electron chi connectivity index (χ1n) is 9.65. The summed E-state index contributed by atoms with van der Waals surface area (Å²) in [4.78, 5) is 34.8. The largest absolute Gasteiger partial charge is 0.497 e. The van der Waals surface area contributed by atoms with Gasteiger partial charge in [0.2, 0.25) is 0 Å². The van der Waals surface area contributed by atoms with Crippen LogP contribution in [0.3, 0.4) is 0 Å². The summed E-state index contributed by atoms with van der Waals surface area (Å²) in [5.41, 5.74) is 0.806. The maximum Gasteiger partial charge on any atom is 0.303 e. The molecular formula is C21H28O10. The van der Waals surface area contributed by atoms with Gasteiger partial charge in [-0.3, -0.25) is 14.4 Å². The molecule has 0 spiro atoms. The summed E-state index contributed by atoms with van der Waals surface area (Å²) in [6, 6.07) is 7.17. The number of hydrogen-bond acceptors (Lipinski definition) is 10. The highest BCUT2D eigenvalue weighted by Gasteiger charge is 2.51. The van der Waals surface area contributed by atoms with Crippen molar-refractivity contribution < 1.29 is 47.5 Å². The normalized spacial score (nSPS) is 25.4. The van der Waals surface area contributed by atoms with Gasteiger partial charge in [-0.1, -0.05) is 12.1 Å². The third-order valence-corrected chi connectivity index (χ3v) is 4.48. The Labute approximate surface area is 180 Å². The summed E-state index contributed by atoms with van der Waals surface area (Å²) in [5.74, 6) is -1.03. The molecule has 1 aliphatic heterocycles. The lowest BCUT2D eigenvalue weighted by Gasteiger charge is -2.44. The average Bonchev–Trinajstić information content (AvgIpc) is 2.72. The highest BCUT2D eigenvalue weighted by molar-refractivity contribution is 5.67.